The summed E-state index contributed by atoms with van der Waals surface area (Å²) in [5, 5.41) is 14.1. The molecule has 1 N–H and O–H groups in total. The van der Waals surface area contributed by atoms with Crippen LogP contribution in [0.3, 0.4) is 0 Å². The molecule has 0 spiro atoms. The van der Waals surface area contributed by atoms with E-state index in [9.17, 15) is 4.79 Å². The van der Waals surface area contributed by atoms with E-state index in [1.54, 1.807) is 0 Å². The van der Waals surface area contributed by atoms with E-state index in [1.807, 2.05) is 16.6 Å². The molecule has 2 aromatic heterocycles. The minimum atomic E-state index is 0.0194. The number of carbonyl (C=O) groups is 1. The second kappa shape index (κ2) is 6.39. The summed E-state index contributed by atoms with van der Waals surface area (Å²) in [6, 6.07) is 23.1. The van der Waals surface area contributed by atoms with E-state index in [0.717, 1.165) is 34.0 Å². The first-order valence-electron chi connectivity index (χ1n) is 10.4. The lowest BCUT2D eigenvalue weighted by Crippen LogP contribution is -2.43. The number of rotatable bonds is 4. The Morgan fingerprint density at radius 1 is 1.00 bits per heavy atom. The maximum atomic E-state index is 12.6. The summed E-state index contributed by atoms with van der Waals surface area (Å²) in [7, 11) is 0. The lowest BCUT2D eigenvalue weighted by molar-refractivity contribution is -0.632. The average molecular weight is 393 g/mol. The molecule has 0 fully saturated rings. The van der Waals surface area contributed by atoms with Gasteiger partial charge in [-0.2, -0.15) is 0 Å². The monoisotopic (exact) mass is 393 g/mol. The normalized spacial score (nSPS) is 12.0. The van der Waals surface area contributed by atoms with Crippen molar-refractivity contribution in [2.45, 2.75) is 19.9 Å². The van der Waals surface area contributed by atoms with Gasteiger partial charge in [0.2, 0.25) is 5.52 Å². The highest BCUT2D eigenvalue weighted by molar-refractivity contribution is 6.29. The number of carbonyl (C=O) groups excluding carboxylic acids is 1. The van der Waals surface area contributed by atoms with Crippen LogP contribution in [0.25, 0.3) is 49.1 Å². The molecule has 0 atom stereocenters. The van der Waals surface area contributed by atoms with E-state index >= 15 is 0 Å². The van der Waals surface area contributed by atoms with Crippen molar-refractivity contribution in [3.8, 4) is 0 Å². The molecule has 4 aromatic carbocycles. The molecule has 0 saturated carbocycles. The van der Waals surface area contributed by atoms with Crippen LogP contribution in [0.4, 0.5) is 0 Å². The Kier molecular flexibility index (Phi) is 3.65. The predicted octanol–water partition coefficient (Wildman–Crippen LogP) is 4.20. The second-order valence-corrected chi connectivity index (χ2v) is 7.81. The third-order valence-electron chi connectivity index (χ3n) is 5.95. The summed E-state index contributed by atoms with van der Waals surface area (Å²) < 4.78 is 4.04. The highest BCUT2D eigenvalue weighted by atomic mass is 16.1. The van der Waals surface area contributed by atoms with E-state index in [1.165, 1.54) is 21.5 Å². The van der Waals surface area contributed by atoms with Crippen LogP contribution in [0.15, 0.2) is 66.7 Å². The van der Waals surface area contributed by atoms with Crippen molar-refractivity contribution < 1.29 is 9.36 Å². The third kappa shape index (κ3) is 2.32. The minimum absolute atomic E-state index is 0.0194. The van der Waals surface area contributed by atoms with Gasteiger partial charge in [-0.3, -0.25) is 4.79 Å². The molecule has 0 unspecified atom stereocenters. The van der Waals surface area contributed by atoms with Gasteiger partial charge in [0.15, 0.2) is 12.1 Å². The molecule has 6 rings (SSSR count). The zero-order chi connectivity index (χ0) is 20.2. The largest absolute Gasteiger partial charge is 0.353 e. The van der Waals surface area contributed by atoms with Crippen LogP contribution < -0.4 is 9.88 Å². The molecule has 0 radical (unpaired) electrons. The first kappa shape index (κ1) is 17.2. The summed E-state index contributed by atoms with van der Waals surface area (Å²) >= 11 is 0. The van der Waals surface area contributed by atoms with Crippen LogP contribution in [0.5, 0.6) is 0 Å². The average Bonchev–Trinajstić information content (AvgIpc) is 3.26. The van der Waals surface area contributed by atoms with Crippen LogP contribution in [-0.2, 0) is 11.3 Å². The molecule has 0 aliphatic rings. The van der Waals surface area contributed by atoms with E-state index in [4.69, 9.17) is 5.10 Å². The van der Waals surface area contributed by atoms with Crippen molar-refractivity contribution in [2.24, 2.45) is 0 Å². The number of benzene rings is 3. The van der Waals surface area contributed by atoms with Gasteiger partial charge in [-0.1, -0.05) is 65.1 Å². The van der Waals surface area contributed by atoms with Crippen LogP contribution in [0, 0.1) is 0 Å². The molecule has 0 saturated heterocycles. The standard InChI is InChI=1S/C25H20N4O/c1-2-13-26-22(30)15-28-20-11-3-4-12-21(20)29-23(28)14-19-17-9-5-7-16-8-6-10-18(24(16)17)25(19)27-29/h3-12,14H,2,13,15H2,1H3/p+1. The molecule has 5 heteroatoms. The SMILES string of the molecule is CCCNC(=O)C[n+]1c2ccccc2n2nc3c(cc21)c1cccc2cccc3c21. The molecule has 146 valence electrons. The van der Waals surface area contributed by atoms with Crippen molar-refractivity contribution in [3.63, 3.8) is 0 Å². The Bertz CT molecular complexity index is 1580. The Morgan fingerprint density at radius 3 is 2.63 bits per heavy atom. The number of nitrogens with one attached hydrogen (secondary N) is 1. The van der Waals surface area contributed by atoms with Crippen LogP contribution in [0.1, 0.15) is 13.3 Å². The maximum Gasteiger partial charge on any atom is 0.309 e. The third-order valence-corrected chi connectivity index (χ3v) is 5.95. The van der Waals surface area contributed by atoms with E-state index in [0.29, 0.717) is 6.54 Å². The summed E-state index contributed by atoms with van der Waals surface area (Å²) in [6.45, 7) is 3.02. The van der Waals surface area contributed by atoms with Gasteiger partial charge in [-0.25, -0.2) is 4.57 Å². The zero-order valence-electron chi connectivity index (χ0n) is 16.7. The van der Waals surface area contributed by atoms with Gasteiger partial charge < -0.3 is 5.32 Å². The minimum Gasteiger partial charge on any atom is -0.353 e. The number of para-hydroxylation sites is 2. The fourth-order valence-electron chi connectivity index (χ4n) is 4.63. The van der Waals surface area contributed by atoms with Crippen LogP contribution >= 0.6 is 0 Å². The molecule has 0 bridgehead atoms. The lowest BCUT2D eigenvalue weighted by Gasteiger charge is -2.02. The number of hydrogen-bond donors (Lipinski definition) is 1. The Hall–Kier alpha value is -3.73. The first-order valence-corrected chi connectivity index (χ1v) is 10.4. The molecular formula is C25H21N4O+. The van der Waals surface area contributed by atoms with Crippen molar-refractivity contribution in [1.29, 1.82) is 0 Å². The smallest absolute Gasteiger partial charge is 0.309 e. The highest BCUT2D eigenvalue weighted by Crippen LogP contribution is 2.37. The predicted molar refractivity (Wildman–Crippen MR) is 120 cm³/mol. The Balaban J connectivity index is 1.70. The molecule has 2 heterocycles. The van der Waals surface area contributed by atoms with Gasteiger partial charge >= 0.3 is 5.65 Å². The maximum absolute atomic E-state index is 12.6. The fraction of sp³-hybridized carbons (Fsp3) is 0.160. The van der Waals surface area contributed by atoms with Crippen molar-refractivity contribution in [2.75, 3.05) is 6.54 Å². The van der Waals surface area contributed by atoms with Crippen molar-refractivity contribution in [1.82, 2.24) is 14.9 Å². The highest BCUT2D eigenvalue weighted by Gasteiger charge is 2.25. The molecule has 0 aliphatic heterocycles. The quantitative estimate of drug-likeness (QED) is 0.457. The van der Waals surface area contributed by atoms with Gasteiger partial charge in [0.05, 0.1) is 0 Å². The fourth-order valence-corrected chi connectivity index (χ4v) is 4.63. The summed E-state index contributed by atoms with van der Waals surface area (Å²) in [5.74, 6) is 0.0194. The van der Waals surface area contributed by atoms with Crippen LogP contribution in [-0.4, -0.2) is 22.1 Å². The molecule has 5 nitrogen and oxygen atoms in total. The Labute approximate surface area is 172 Å². The number of nitrogens with zero attached hydrogens (tertiary/aromatic N) is 3. The van der Waals surface area contributed by atoms with Gasteiger partial charge in [0, 0.05) is 23.4 Å². The van der Waals surface area contributed by atoms with Crippen molar-refractivity contribution >= 4 is 55.0 Å². The van der Waals surface area contributed by atoms with E-state index in [-0.39, 0.29) is 12.5 Å². The summed E-state index contributed by atoms with van der Waals surface area (Å²) in [6.07, 6.45) is 0.922. The zero-order valence-corrected chi connectivity index (χ0v) is 16.7. The molecule has 1 amide bonds. The van der Waals surface area contributed by atoms with Gasteiger partial charge in [0.25, 0.3) is 5.91 Å². The first-order chi connectivity index (χ1) is 14.8. The number of hydrogen-bond acceptors (Lipinski definition) is 2. The van der Waals surface area contributed by atoms with Crippen molar-refractivity contribution in [3.05, 3.63) is 66.7 Å². The van der Waals surface area contributed by atoms with E-state index in [2.05, 4.69) is 71.4 Å². The Morgan fingerprint density at radius 2 is 1.80 bits per heavy atom. The molecule has 6 aromatic rings. The number of aromatic nitrogens is 3. The van der Waals surface area contributed by atoms with Gasteiger partial charge in [0.1, 0.15) is 5.52 Å². The molecule has 0 aliphatic carbocycles. The van der Waals surface area contributed by atoms with Crippen LogP contribution in [0.2, 0.25) is 0 Å². The lowest BCUT2D eigenvalue weighted by atomic mass is 10.1. The molecule has 30 heavy (non-hydrogen) atoms. The summed E-state index contributed by atoms with van der Waals surface area (Å²) in [5.41, 5.74) is 3.93. The molecular weight excluding hydrogens is 372 g/mol. The van der Waals surface area contributed by atoms with Gasteiger partial charge in [-0.15, -0.1) is 0 Å². The van der Waals surface area contributed by atoms with Gasteiger partial charge in [-0.05, 0) is 34.7 Å². The number of imidazole rings is 1. The number of amides is 1. The second-order valence-electron chi connectivity index (χ2n) is 7.81. The topological polar surface area (TPSA) is 50.3 Å². The summed E-state index contributed by atoms with van der Waals surface area (Å²) in [4.78, 5) is 12.6. The van der Waals surface area contributed by atoms with E-state index < -0.39 is 0 Å². The number of fused-ring (bicyclic) bond motifs is 6.